The van der Waals surface area contributed by atoms with E-state index in [0.29, 0.717) is 67.0 Å². The second kappa shape index (κ2) is 14.3. The lowest BCUT2D eigenvalue weighted by Crippen LogP contribution is -2.53. The highest BCUT2D eigenvalue weighted by molar-refractivity contribution is 7.17. The Kier molecular flexibility index (Phi) is 9.36. The number of aromatic nitrogens is 5. The first kappa shape index (κ1) is 35.4. The lowest BCUT2D eigenvalue weighted by atomic mass is 9.79. The summed E-state index contributed by atoms with van der Waals surface area (Å²) in [6.07, 6.45) is 6.15. The van der Waals surface area contributed by atoms with Gasteiger partial charge in [0.05, 0.1) is 23.2 Å². The van der Waals surface area contributed by atoms with Crippen LogP contribution in [0.2, 0.25) is 0 Å². The van der Waals surface area contributed by atoms with Crippen LogP contribution in [0, 0.1) is 19.8 Å². The van der Waals surface area contributed by atoms with E-state index in [9.17, 15) is 24.6 Å². The maximum Gasteiger partial charge on any atom is 0.265 e. The summed E-state index contributed by atoms with van der Waals surface area (Å²) in [6, 6.07) is 22.2. The van der Waals surface area contributed by atoms with Gasteiger partial charge in [0, 0.05) is 67.4 Å². The Hall–Kier alpha value is -5.66. The molecule has 0 aliphatic carbocycles. The first-order valence-corrected chi connectivity index (χ1v) is 19.0. The number of benzene rings is 2. The second-order valence-electron chi connectivity index (χ2n) is 14.5. The number of likely N-dealkylation sites (tertiary alicyclic amines) is 2. The summed E-state index contributed by atoms with van der Waals surface area (Å²) < 4.78 is 3.23. The standard InChI is InChI=1S/C41H41N7O5S/c1-26-8-9-29(22-42-26)37-44-27(2)35(54-37)40(52)46-18-14-32(34(23-46)28-6-4-3-5-7-28)38(50)45-20-16-41(53,17-21-45)24-47-25-43-36-33(39(47)51)15-19-48(36)30-10-12-31(49)13-11-30/h3-13,15,19,22,25,32,34,49,53H,14,16-18,20-21,23-24H2,1-2H3/t32-,34+/m1/s1. The SMILES string of the molecule is Cc1ccc(-c2nc(C)c(C(=O)N3CC[C@@H](C(=O)N4CCC(O)(Cn5cnc6c(ccn6-c6ccc(O)cc6)c5=O)CC4)[C@H](c4ccccc4)C3)s2)cn1. The summed E-state index contributed by atoms with van der Waals surface area (Å²) in [5.41, 5.74) is 3.28. The Morgan fingerprint density at radius 1 is 0.926 bits per heavy atom. The number of piperidine rings is 2. The van der Waals surface area contributed by atoms with Gasteiger partial charge in [0.25, 0.3) is 11.5 Å². The molecule has 12 nitrogen and oxygen atoms in total. The average Bonchev–Trinajstić information content (AvgIpc) is 3.80. The molecule has 54 heavy (non-hydrogen) atoms. The van der Waals surface area contributed by atoms with Crippen LogP contribution in [-0.2, 0) is 11.3 Å². The number of pyridine rings is 1. The van der Waals surface area contributed by atoms with E-state index in [0.717, 1.165) is 27.5 Å². The topological polar surface area (TPSA) is 147 Å². The number of aryl methyl sites for hydroxylation is 2. The molecule has 2 aliphatic rings. The molecule has 8 rings (SSSR count). The fourth-order valence-corrected chi connectivity index (χ4v) is 8.79. The van der Waals surface area contributed by atoms with Crippen LogP contribution in [0.3, 0.4) is 0 Å². The van der Waals surface area contributed by atoms with Crippen molar-refractivity contribution in [1.29, 1.82) is 0 Å². The van der Waals surface area contributed by atoms with Crippen molar-refractivity contribution in [2.45, 2.75) is 51.2 Å². The van der Waals surface area contributed by atoms with Gasteiger partial charge in [0.2, 0.25) is 5.91 Å². The molecule has 0 unspecified atom stereocenters. The molecule has 6 aromatic rings. The Balaban J connectivity index is 0.951. The van der Waals surface area contributed by atoms with Gasteiger partial charge in [-0.3, -0.25) is 23.9 Å². The number of aromatic hydroxyl groups is 1. The summed E-state index contributed by atoms with van der Waals surface area (Å²) >= 11 is 1.37. The number of carbonyl (C=O) groups excluding carboxylic acids is 2. The monoisotopic (exact) mass is 743 g/mol. The van der Waals surface area contributed by atoms with Crippen molar-refractivity contribution in [2.75, 3.05) is 26.2 Å². The van der Waals surface area contributed by atoms with E-state index >= 15 is 0 Å². The van der Waals surface area contributed by atoms with Gasteiger partial charge in [-0.1, -0.05) is 30.3 Å². The van der Waals surface area contributed by atoms with Gasteiger partial charge >= 0.3 is 0 Å². The predicted molar refractivity (Wildman–Crippen MR) is 206 cm³/mol. The van der Waals surface area contributed by atoms with Gasteiger partial charge in [0.15, 0.2) is 5.65 Å². The predicted octanol–water partition coefficient (Wildman–Crippen LogP) is 5.33. The van der Waals surface area contributed by atoms with Crippen molar-refractivity contribution in [3.05, 3.63) is 124 Å². The van der Waals surface area contributed by atoms with Crippen LogP contribution < -0.4 is 5.56 Å². The Morgan fingerprint density at radius 2 is 1.69 bits per heavy atom. The molecule has 0 radical (unpaired) electrons. The molecule has 0 saturated carbocycles. The highest BCUT2D eigenvalue weighted by Gasteiger charge is 2.42. The molecule has 13 heteroatoms. The normalized spacial score (nSPS) is 18.6. The van der Waals surface area contributed by atoms with Gasteiger partial charge in [-0.25, -0.2) is 9.97 Å². The van der Waals surface area contributed by atoms with E-state index in [1.165, 1.54) is 22.2 Å². The van der Waals surface area contributed by atoms with Crippen LogP contribution in [0.4, 0.5) is 0 Å². The van der Waals surface area contributed by atoms with Crippen molar-refractivity contribution in [3.8, 4) is 22.0 Å². The van der Waals surface area contributed by atoms with E-state index in [1.807, 2.05) is 66.1 Å². The van der Waals surface area contributed by atoms with Gasteiger partial charge in [-0.05, 0) is 81.1 Å². The van der Waals surface area contributed by atoms with Gasteiger partial charge < -0.3 is 24.6 Å². The largest absolute Gasteiger partial charge is 0.508 e. The fourth-order valence-electron chi connectivity index (χ4n) is 7.77. The van der Waals surface area contributed by atoms with Crippen molar-refractivity contribution in [2.24, 2.45) is 5.92 Å². The quantitative estimate of drug-likeness (QED) is 0.223. The maximum absolute atomic E-state index is 14.3. The van der Waals surface area contributed by atoms with Crippen LogP contribution in [0.1, 0.15) is 51.8 Å². The second-order valence-corrected chi connectivity index (χ2v) is 15.5. The molecule has 2 atom stereocenters. The third-order valence-corrected chi connectivity index (χ3v) is 12.1. The van der Waals surface area contributed by atoms with Crippen molar-refractivity contribution < 1.29 is 19.8 Å². The number of nitrogens with zero attached hydrogens (tertiary/aromatic N) is 7. The molecule has 2 N–H and O–H groups in total. The minimum Gasteiger partial charge on any atom is -0.508 e. The van der Waals surface area contributed by atoms with Gasteiger partial charge in [-0.2, -0.15) is 0 Å². The number of hydrogen-bond donors (Lipinski definition) is 2. The molecule has 6 heterocycles. The lowest BCUT2D eigenvalue weighted by Gasteiger charge is -2.43. The average molecular weight is 744 g/mol. The number of fused-ring (bicyclic) bond motifs is 1. The number of thiazole rings is 1. The number of phenols is 1. The van der Waals surface area contributed by atoms with Crippen LogP contribution in [0.15, 0.2) is 96.3 Å². The molecule has 2 saturated heterocycles. The third kappa shape index (κ3) is 6.80. The lowest BCUT2D eigenvalue weighted by molar-refractivity contribution is -0.142. The molecular formula is C41H41N7O5S. The summed E-state index contributed by atoms with van der Waals surface area (Å²) in [4.78, 5) is 59.7. The van der Waals surface area contributed by atoms with Gasteiger partial charge in [-0.15, -0.1) is 11.3 Å². The highest BCUT2D eigenvalue weighted by atomic mass is 32.1. The summed E-state index contributed by atoms with van der Waals surface area (Å²) in [6.45, 7) is 5.42. The maximum atomic E-state index is 14.3. The zero-order chi connectivity index (χ0) is 37.6. The molecular weight excluding hydrogens is 703 g/mol. The zero-order valence-corrected chi connectivity index (χ0v) is 30.9. The van der Waals surface area contributed by atoms with Crippen molar-refractivity contribution >= 4 is 34.2 Å². The molecule has 2 aromatic carbocycles. The number of aliphatic hydroxyl groups is 1. The highest BCUT2D eigenvalue weighted by Crippen LogP contribution is 2.37. The molecule has 0 spiro atoms. The van der Waals surface area contributed by atoms with E-state index < -0.39 is 5.60 Å². The Labute approximate surface area is 316 Å². The van der Waals surface area contributed by atoms with E-state index in [2.05, 4.69) is 9.97 Å². The molecule has 0 bridgehead atoms. The minimum absolute atomic E-state index is 0.0250. The number of hydrogen-bond acceptors (Lipinski definition) is 9. The first-order chi connectivity index (χ1) is 26.1. The molecule has 2 aliphatic heterocycles. The van der Waals surface area contributed by atoms with Crippen molar-refractivity contribution in [3.63, 3.8) is 0 Å². The molecule has 2 fully saturated rings. The molecule has 276 valence electrons. The smallest absolute Gasteiger partial charge is 0.265 e. The van der Waals surface area contributed by atoms with E-state index in [-0.39, 0.29) is 41.5 Å². The van der Waals surface area contributed by atoms with Crippen LogP contribution in [-0.4, -0.2) is 87.7 Å². The Morgan fingerprint density at radius 3 is 2.41 bits per heavy atom. The number of carbonyl (C=O) groups is 2. The third-order valence-electron chi connectivity index (χ3n) is 10.9. The van der Waals surface area contributed by atoms with Crippen LogP contribution in [0.25, 0.3) is 27.3 Å². The summed E-state index contributed by atoms with van der Waals surface area (Å²) in [5.74, 6) is -0.431. The number of amides is 2. The van der Waals surface area contributed by atoms with Crippen LogP contribution in [0.5, 0.6) is 5.75 Å². The van der Waals surface area contributed by atoms with E-state index in [4.69, 9.17) is 4.98 Å². The Bertz CT molecular complexity index is 2380. The fraction of sp³-hybridized carbons (Fsp3) is 0.317. The first-order valence-electron chi connectivity index (χ1n) is 18.2. The number of phenolic OH excluding ortho intramolecular Hbond substituents is 1. The molecule has 4 aromatic heterocycles. The van der Waals surface area contributed by atoms with Crippen molar-refractivity contribution in [1.82, 2.24) is 33.9 Å². The van der Waals surface area contributed by atoms with Gasteiger partial charge in [0.1, 0.15) is 22.0 Å². The minimum atomic E-state index is -1.19. The van der Waals surface area contributed by atoms with E-state index in [1.54, 1.807) is 47.3 Å². The molecule has 2 amide bonds. The zero-order valence-electron chi connectivity index (χ0n) is 30.1. The summed E-state index contributed by atoms with van der Waals surface area (Å²) in [7, 11) is 0. The van der Waals surface area contributed by atoms with Crippen LogP contribution >= 0.6 is 11.3 Å². The number of rotatable bonds is 7. The summed E-state index contributed by atoms with van der Waals surface area (Å²) in [5, 5.41) is 22.5.